The van der Waals surface area contributed by atoms with Crippen LogP contribution in [-0.4, -0.2) is 29.1 Å². The summed E-state index contributed by atoms with van der Waals surface area (Å²) in [6.45, 7) is 3.89. The Hall–Kier alpha value is -2.82. The summed E-state index contributed by atoms with van der Waals surface area (Å²) in [4.78, 5) is 17.4. The Kier molecular flexibility index (Phi) is 10.3. The van der Waals surface area contributed by atoms with E-state index in [1.807, 2.05) is 24.3 Å². The minimum absolute atomic E-state index is 0.0973. The predicted molar refractivity (Wildman–Crippen MR) is 136 cm³/mol. The molecule has 0 saturated heterocycles. The Morgan fingerprint density at radius 2 is 1.61 bits per heavy atom. The first-order valence-corrected chi connectivity index (χ1v) is 12.6. The van der Waals surface area contributed by atoms with Crippen LogP contribution in [0.5, 0.6) is 5.75 Å². The first-order chi connectivity index (χ1) is 16.2. The molecule has 1 N–H and O–H groups in total. The van der Waals surface area contributed by atoms with E-state index in [0.717, 1.165) is 30.7 Å². The van der Waals surface area contributed by atoms with Gasteiger partial charge in [0.25, 0.3) is 5.91 Å². The summed E-state index contributed by atoms with van der Waals surface area (Å²) in [7, 11) is 1.59. The van der Waals surface area contributed by atoms with E-state index < -0.39 is 0 Å². The Morgan fingerprint density at radius 3 is 2.39 bits per heavy atom. The van der Waals surface area contributed by atoms with Crippen LogP contribution >= 0.6 is 0 Å². The number of nitrogens with one attached hydrogen (secondary N) is 1. The molecule has 0 spiro atoms. The van der Waals surface area contributed by atoms with Gasteiger partial charge < -0.3 is 14.6 Å². The van der Waals surface area contributed by atoms with Crippen LogP contribution in [0, 0.1) is 0 Å². The van der Waals surface area contributed by atoms with E-state index in [0.29, 0.717) is 17.9 Å². The lowest BCUT2D eigenvalue weighted by Crippen LogP contribution is -2.25. The van der Waals surface area contributed by atoms with Crippen LogP contribution in [0.4, 0.5) is 0 Å². The van der Waals surface area contributed by atoms with E-state index in [1.165, 1.54) is 56.9 Å². The van der Waals surface area contributed by atoms with Gasteiger partial charge in [-0.2, -0.15) is 0 Å². The van der Waals surface area contributed by atoms with Gasteiger partial charge in [-0.15, -0.1) is 0 Å². The molecule has 0 radical (unpaired) electrons. The number of nitrogens with zero attached hydrogens (tertiary/aromatic N) is 2. The maximum atomic E-state index is 12.5. The van der Waals surface area contributed by atoms with E-state index in [4.69, 9.17) is 9.72 Å². The molecule has 3 rings (SSSR count). The summed E-state index contributed by atoms with van der Waals surface area (Å²) < 4.78 is 7.68. The zero-order chi connectivity index (χ0) is 23.3. The number of para-hydroxylation sites is 3. The maximum Gasteiger partial charge on any atom is 0.255 e. The third kappa shape index (κ3) is 7.34. The highest BCUT2D eigenvalue weighted by molar-refractivity contribution is 5.96. The average Bonchev–Trinajstić information content (AvgIpc) is 3.20. The van der Waals surface area contributed by atoms with Gasteiger partial charge in [-0.25, -0.2) is 4.98 Å². The van der Waals surface area contributed by atoms with Crippen LogP contribution in [0.1, 0.15) is 80.9 Å². The molecular weight excluding hydrogens is 410 g/mol. The second-order valence-corrected chi connectivity index (χ2v) is 8.70. The Labute approximate surface area is 198 Å². The van der Waals surface area contributed by atoms with Crippen molar-refractivity contribution >= 4 is 16.9 Å². The van der Waals surface area contributed by atoms with Crippen LogP contribution < -0.4 is 10.1 Å². The van der Waals surface area contributed by atoms with Crippen molar-refractivity contribution in [3.63, 3.8) is 0 Å². The SMILES string of the molecule is CCCCCCCCCCn1c(CCCNC(=O)c2ccccc2OC)nc2ccccc21. The van der Waals surface area contributed by atoms with Crippen LogP contribution in [0.2, 0.25) is 0 Å². The van der Waals surface area contributed by atoms with Crippen LogP contribution in [0.3, 0.4) is 0 Å². The number of hydrogen-bond donors (Lipinski definition) is 1. The molecular formula is C28H39N3O2. The number of rotatable bonds is 15. The van der Waals surface area contributed by atoms with Gasteiger partial charge in [-0.1, -0.05) is 76.1 Å². The number of unbranched alkanes of at least 4 members (excludes halogenated alkanes) is 7. The van der Waals surface area contributed by atoms with Crippen LogP contribution in [0.25, 0.3) is 11.0 Å². The average molecular weight is 450 g/mol. The minimum atomic E-state index is -0.0973. The van der Waals surface area contributed by atoms with E-state index in [9.17, 15) is 4.79 Å². The second kappa shape index (κ2) is 13.7. The van der Waals surface area contributed by atoms with Gasteiger partial charge in [0, 0.05) is 19.5 Å². The van der Waals surface area contributed by atoms with Gasteiger partial charge in [0.2, 0.25) is 0 Å². The number of aromatic nitrogens is 2. The molecule has 0 aliphatic rings. The van der Waals surface area contributed by atoms with Crippen molar-refractivity contribution in [2.45, 2.75) is 77.7 Å². The molecule has 5 heteroatoms. The quantitative estimate of drug-likeness (QED) is 0.268. The summed E-state index contributed by atoms with van der Waals surface area (Å²) in [5.74, 6) is 1.62. The topological polar surface area (TPSA) is 56.2 Å². The molecule has 0 bridgehead atoms. The van der Waals surface area contributed by atoms with Crippen molar-refractivity contribution in [2.24, 2.45) is 0 Å². The zero-order valence-corrected chi connectivity index (χ0v) is 20.3. The van der Waals surface area contributed by atoms with Gasteiger partial charge >= 0.3 is 0 Å². The highest BCUT2D eigenvalue weighted by atomic mass is 16.5. The monoisotopic (exact) mass is 449 g/mol. The fraction of sp³-hybridized carbons (Fsp3) is 0.500. The molecule has 0 aliphatic carbocycles. The summed E-state index contributed by atoms with van der Waals surface area (Å²) in [6, 6.07) is 15.7. The second-order valence-electron chi connectivity index (χ2n) is 8.70. The lowest BCUT2D eigenvalue weighted by molar-refractivity contribution is 0.0950. The fourth-order valence-corrected chi connectivity index (χ4v) is 4.35. The maximum absolute atomic E-state index is 12.5. The highest BCUT2D eigenvalue weighted by Gasteiger charge is 2.12. The smallest absolute Gasteiger partial charge is 0.255 e. The summed E-state index contributed by atoms with van der Waals surface area (Å²) >= 11 is 0. The molecule has 1 amide bonds. The van der Waals surface area contributed by atoms with Gasteiger partial charge in [0.1, 0.15) is 11.6 Å². The number of amides is 1. The number of hydrogen-bond acceptors (Lipinski definition) is 3. The summed E-state index contributed by atoms with van der Waals surface area (Å²) in [6.07, 6.45) is 12.2. The van der Waals surface area contributed by atoms with Gasteiger partial charge in [-0.3, -0.25) is 4.79 Å². The Bertz CT molecular complexity index is 996. The van der Waals surface area contributed by atoms with Gasteiger partial charge in [0.15, 0.2) is 0 Å². The number of aryl methyl sites for hydroxylation is 2. The van der Waals surface area contributed by atoms with Crippen molar-refractivity contribution < 1.29 is 9.53 Å². The molecule has 2 aromatic carbocycles. The van der Waals surface area contributed by atoms with E-state index in [1.54, 1.807) is 13.2 Å². The molecule has 0 saturated carbocycles. The molecule has 0 atom stereocenters. The molecule has 0 fully saturated rings. The number of carbonyl (C=O) groups is 1. The largest absolute Gasteiger partial charge is 0.496 e. The van der Waals surface area contributed by atoms with Gasteiger partial charge in [0.05, 0.1) is 23.7 Å². The molecule has 0 unspecified atom stereocenters. The summed E-state index contributed by atoms with van der Waals surface area (Å²) in [5.41, 5.74) is 2.85. The van der Waals surface area contributed by atoms with E-state index >= 15 is 0 Å². The van der Waals surface area contributed by atoms with Crippen LogP contribution in [-0.2, 0) is 13.0 Å². The number of ether oxygens (including phenoxy) is 1. The van der Waals surface area contributed by atoms with Crippen molar-refractivity contribution in [1.82, 2.24) is 14.9 Å². The molecule has 178 valence electrons. The predicted octanol–water partition coefficient (Wildman–Crippen LogP) is 6.55. The highest BCUT2D eigenvalue weighted by Crippen LogP contribution is 2.19. The molecule has 1 aromatic heterocycles. The molecule has 3 aromatic rings. The third-order valence-corrected chi connectivity index (χ3v) is 6.18. The molecule has 1 heterocycles. The molecule has 5 nitrogen and oxygen atoms in total. The standard InChI is InChI=1S/C28H39N3O2/c1-3-4-5-6-7-8-9-14-22-31-25-18-12-11-17-24(25)30-27(31)20-15-21-29-28(32)23-16-10-13-19-26(23)33-2/h10-13,16-19H,3-9,14-15,20-22H2,1-2H3,(H,29,32). The van der Waals surface area contributed by atoms with Crippen molar-refractivity contribution in [3.8, 4) is 5.75 Å². The van der Waals surface area contributed by atoms with Crippen molar-refractivity contribution in [3.05, 3.63) is 59.9 Å². The lowest BCUT2D eigenvalue weighted by Gasteiger charge is -2.11. The minimum Gasteiger partial charge on any atom is -0.496 e. The number of benzene rings is 2. The lowest BCUT2D eigenvalue weighted by atomic mass is 10.1. The van der Waals surface area contributed by atoms with Crippen molar-refractivity contribution in [2.75, 3.05) is 13.7 Å². The Balaban J connectivity index is 1.50. The number of fused-ring (bicyclic) bond motifs is 1. The first-order valence-electron chi connectivity index (χ1n) is 12.6. The number of imidazole rings is 1. The normalized spacial score (nSPS) is 11.1. The third-order valence-electron chi connectivity index (χ3n) is 6.18. The number of methoxy groups -OCH3 is 1. The van der Waals surface area contributed by atoms with E-state index in [-0.39, 0.29) is 5.91 Å². The van der Waals surface area contributed by atoms with E-state index in [2.05, 4.69) is 35.0 Å². The van der Waals surface area contributed by atoms with Crippen molar-refractivity contribution in [1.29, 1.82) is 0 Å². The molecule has 33 heavy (non-hydrogen) atoms. The number of carbonyl (C=O) groups excluding carboxylic acids is 1. The fourth-order valence-electron chi connectivity index (χ4n) is 4.35. The zero-order valence-electron chi connectivity index (χ0n) is 20.3. The van der Waals surface area contributed by atoms with Crippen LogP contribution in [0.15, 0.2) is 48.5 Å². The Morgan fingerprint density at radius 1 is 0.909 bits per heavy atom. The molecule has 0 aliphatic heterocycles. The first kappa shape index (κ1) is 24.8. The van der Waals surface area contributed by atoms with Gasteiger partial charge in [-0.05, 0) is 37.1 Å². The summed E-state index contributed by atoms with van der Waals surface area (Å²) in [5, 5.41) is 3.02.